The van der Waals surface area contributed by atoms with Crippen LogP contribution in [0.4, 0.5) is 4.39 Å². The van der Waals surface area contributed by atoms with Crippen LogP contribution in [0.25, 0.3) is 0 Å². The summed E-state index contributed by atoms with van der Waals surface area (Å²) in [6.45, 7) is -0.627. The lowest BCUT2D eigenvalue weighted by Crippen LogP contribution is -2.28. The topological polar surface area (TPSA) is 25.5 Å². The van der Waals surface area contributed by atoms with Gasteiger partial charge in [0.25, 0.3) is 0 Å². The molecule has 0 amide bonds. The Morgan fingerprint density at radius 3 is 3.00 bits per heavy atom. The van der Waals surface area contributed by atoms with Crippen LogP contribution in [0.2, 0.25) is 0 Å². The van der Waals surface area contributed by atoms with Gasteiger partial charge < -0.3 is 4.84 Å². The average molecular weight is 183 g/mol. The van der Waals surface area contributed by atoms with Crippen molar-refractivity contribution in [3.05, 3.63) is 30.1 Å². The van der Waals surface area contributed by atoms with Crippen LogP contribution in [0.15, 0.2) is 29.7 Å². The van der Waals surface area contributed by atoms with E-state index in [1.165, 1.54) is 7.11 Å². The summed E-state index contributed by atoms with van der Waals surface area (Å²) in [6, 6.07) is 3.62. The molecule has 0 saturated carbocycles. The van der Waals surface area contributed by atoms with E-state index in [0.29, 0.717) is 5.71 Å². The molecule has 70 valence electrons. The number of hydrogen-bond donors (Lipinski definition) is 0. The SMILES string of the molecule is CO/N=C(\CF)c1ccc[n+](C)c1. The van der Waals surface area contributed by atoms with Crippen molar-refractivity contribution in [3.8, 4) is 0 Å². The summed E-state index contributed by atoms with van der Waals surface area (Å²) in [5, 5.41) is 3.58. The van der Waals surface area contributed by atoms with E-state index in [-0.39, 0.29) is 0 Å². The van der Waals surface area contributed by atoms with Gasteiger partial charge in [0.05, 0.1) is 5.56 Å². The third kappa shape index (κ3) is 2.50. The Morgan fingerprint density at radius 1 is 1.69 bits per heavy atom. The van der Waals surface area contributed by atoms with Gasteiger partial charge in [0.1, 0.15) is 26.5 Å². The summed E-state index contributed by atoms with van der Waals surface area (Å²) in [4.78, 5) is 4.53. The van der Waals surface area contributed by atoms with Crippen molar-refractivity contribution in [2.45, 2.75) is 0 Å². The molecule has 1 heterocycles. The number of aromatic nitrogens is 1. The van der Waals surface area contributed by atoms with E-state index in [1.54, 1.807) is 12.3 Å². The van der Waals surface area contributed by atoms with Crippen LogP contribution < -0.4 is 4.57 Å². The normalized spacial score (nSPS) is 11.5. The van der Waals surface area contributed by atoms with Crippen LogP contribution in [0, 0.1) is 0 Å². The maximum atomic E-state index is 12.4. The van der Waals surface area contributed by atoms with Gasteiger partial charge in [0, 0.05) is 6.07 Å². The zero-order valence-electron chi connectivity index (χ0n) is 7.70. The predicted octanol–water partition coefficient (Wildman–Crippen LogP) is 0.831. The number of pyridine rings is 1. The van der Waals surface area contributed by atoms with Crippen LogP contribution in [0.1, 0.15) is 5.56 Å². The molecule has 0 aromatic carbocycles. The molecular weight excluding hydrogens is 171 g/mol. The van der Waals surface area contributed by atoms with E-state index in [4.69, 9.17) is 0 Å². The summed E-state index contributed by atoms with van der Waals surface area (Å²) in [5.41, 5.74) is 1.04. The molecule has 13 heavy (non-hydrogen) atoms. The molecule has 1 rings (SSSR count). The molecule has 0 aliphatic heterocycles. The fourth-order valence-corrected chi connectivity index (χ4v) is 1.02. The molecule has 1 aromatic rings. The highest BCUT2D eigenvalue weighted by atomic mass is 19.1. The summed E-state index contributed by atoms with van der Waals surface area (Å²) < 4.78 is 14.3. The smallest absolute Gasteiger partial charge is 0.177 e. The van der Waals surface area contributed by atoms with Crippen molar-refractivity contribution in [2.75, 3.05) is 13.8 Å². The predicted molar refractivity (Wildman–Crippen MR) is 47.1 cm³/mol. The third-order valence-corrected chi connectivity index (χ3v) is 1.60. The van der Waals surface area contributed by atoms with Crippen molar-refractivity contribution in [1.82, 2.24) is 0 Å². The van der Waals surface area contributed by atoms with E-state index >= 15 is 0 Å². The monoisotopic (exact) mass is 183 g/mol. The highest BCUT2D eigenvalue weighted by Crippen LogP contribution is 1.98. The molecule has 0 N–H and O–H groups in total. The first-order valence-electron chi connectivity index (χ1n) is 3.89. The van der Waals surface area contributed by atoms with Gasteiger partial charge in [-0.1, -0.05) is 5.16 Å². The van der Waals surface area contributed by atoms with Crippen molar-refractivity contribution in [1.29, 1.82) is 0 Å². The van der Waals surface area contributed by atoms with E-state index in [9.17, 15) is 4.39 Å². The third-order valence-electron chi connectivity index (χ3n) is 1.60. The van der Waals surface area contributed by atoms with Gasteiger partial charge in [-0.25, -0.2) is 8.96 Å². The van der Waals surface area contributed by atoms with Crippen LogP contribution in [0.3, 0.4) is 0 Å². The Labute approximate surface area is 76.4 Å². The summed E-state index contributed by atoms with van der Waals surface area (Å²) in [7, 11) is 3.27. The lowest BCUT2D eigenvalue weighted by Gasteiger charge is -1.98. The van der Waals surface area contributed by atoms with E-state index in [1.807, 2.05) is 23.9 Å². The number of alkyl halides is 1. The van der Waals surface area contributed by atoms with Crippen molar-refractivity contribution in [2.24, 2.45) is 12.2 Å². The van der Waals surface area contributed by atoms with E-state index < -0.39 is 6.67 Å². The largest absolute Gasteiger partial charge is 0.399 e. The number of nitrogens with zero attached hydrogens (tertiary/aromatic N) is 2. The maximum absolute atomic E-state index is 12.4. The van der Waals surface area contributed by atoms with Gasteiger partial charge in [0.2, 0.25) is 0 Å². The molecule has 0 atom stereocenters. The first-order chi connectivity index (χ1) is 6.27. The Kier molecular flexibility index (Phi) is 3.37. The minimum absolute atomic E-state index is 0.304. The summed E-state index contributed by atoms with van der Waals surface area (Å²) >= 11 is 0. The van der Waals surface area contributed by atoms with Crippen LogP contribution in [-0.2, 0) is 11.9 Å². The number of oxime groups is 1. The minimum Gasteiger partial charge on any atom is -0.399 e. The van der Waals surface area contributed by atoms with E-state index in [2.05, 4.69) is 9.99 Å². The maximum Gasteiger partial charge on any atom is 0.177 e. The Morgan fingerprint density at radius 2 is 2.46 bits per heavy atom. The Balaban J connectivity index is 2.98. The van der Waals surface area contributed by atoms with Gasteiger partial charge in [0.15, 0.2) is 12.4 Å². The van der Waals surface area contributed by atoms with Crippen molar-refractivity contribution in [3.63, 3.8) is 0 Å². The van der Waals surface area contributed by atoms with Gasteiger partial charge in [-0.05, 0) is 6.07 Å². The highest BCUT2D eigenvalue weighted by molar-refractivity contribution is 6.00. The molecule has 4 heteroatoms. The molecule has 3 nitrogen and oxygen atoms in total. The Hall–Kier alpha value is -1.45. The Bertz CT molecular complexity index is 312. The average Bonchev–Trinajstić information content (AvgIpc) is 2.14. The fourth-order valence-electron chi connectivity index (χ4n) is 1.02. The zero-order valence-corrected chi connectivity index (χ0v) is 7.70. The van der Waals surface area contributed by atoms with Crippen LogP contribution >= 0.6 is 0 Å². The molecule has 0 fully saturated rings. The van der Waals surface area contributed by atoms with Gasteiger partial charge >= 0.3 is 0 Å². The summed E-state index contributed by atoms with van der Waals surface area (Å²) in [6.07, 6.45) is 3.66. The lowest BCUT2D eigenvalue weighted by atomic mass is 10.2. The van der Waals surface area contributed by atoms with Gasteiger partial charge in [-0.2, -0.15) is 0 Å². The second kappa shape index (κ2) is 4.54. The first kappa shape index (κ1) is 9.64. The van der Waals surface area contributed by atoms with Gasteiger partial charge in [-0.3, -0.25) is 0 Å². The second-order valence-corrected chi connectivity index (χ2v) is 2.61. The molecule has 0 saturated heterocycles. The number of aryl methyl sites for hydroxylation is 1. The van der Waals surface area contributed by atoms with Gasteiger partial charge in [-0.15, -0.1) is 0 Å². The number of hydrogen-bond acceptors (Lipinski definition) is 2. The fraction of sp³-hybridized carbons (Fsp3) is 0.333. The molecule has 0 aliphatic carbocycles. The molecule has 0 radical (unpaired) electrons. The van der Waals surface area contributed by atoms with Crippen LogP contribution in [-0.4, -0.2) is 19.5 Å². The second-order valence-electron chi connectivity index (χ2n) is 2.61. The van der Waals surface area contributed by atoms with Crippen molar-refractivity contribution >= 4 is 5.71 Å². The summed E-state index contributed by atoms with van der Waals surface area (Å²) in [5.74, 6) is 0. The minimum atomic E-state index is -0.627. The first-order valence-corrected chi connectivity index (χ1v) is 3.89. The molecule has 0 aliphatic rings. The molecular formula is C9H12FN2O+. The molecule has 0 unspecified atom stereocenters. The highest BCUT2D eigenvalue weighted by Gasteiger charge is 2.06. The van der Waals surface area contributed by atoms with Crippen LogP contribution in [0.5, 0.6) is 0 Å². The molecule has 1 aromatic heterocycles. The standard InChI is InChI=1S/C9H12FN2O/c1-12-5-3-4-8(7-12)9(6-10)11-13-2/h3-5,7H,6H2,1-2H3/q+1/b11-9+. The number of halogens is 1. The molecule has 0 bridgehead atoms. The number of rotatable bonds is 3. The quantitative estimate of drug-likeness (QED) is 0.387. The van der Waals surface area contributed by atoms with Crippen molar-refractivity contribution < 1.29 is 13.8 Å². The molecule has 0 spiro atoms. The van der Waals surface area contributed by atoms with E-state index in [0.717, 1.165) is 5.56 Å². The zero-order chi connectivity index (χ0) is 9.68. The lowest BCUT2D eigenvalue weighted by molar-refractivity contribution is -0.671.